The van der Waals surface area contributed by atoms with E-state index in [-0.39, 0.29) is 5.78 Å². The van der Waals surface area contributed by atoms with E-state index < -0.39 is 0 Å². The van der Waals surface area contributed by atoms with Crippen molar-refractivity contribution < 1.29 is 9.53 Å². The van der Waals surface area contributed by atoms with Crippen LogP contribution < -0.4 is 4.74 Å². The SMILES string of the molecule is CN(C)CCOc1ncccc1C(=O)c1cccs1. The molecule has 2 heterocycles. The van der Waals surface area contributed by atoms with Gasteiger partial charge in [0.15, 0.2) is 0 Å². The normalized spacial score (nSPS) is 10.7. The van der Waals surface area contributed by atoms with Crippen LogP contribution in [0.5, 0.6) is 5.88 Å². The molecule has 2 aromatic heterocycles. The van der Waals surface area contributed by atoms with Crippen LogP contribution in [0.1, 0.15) is 15.2 Å². The molecule has 2 rings (SSSR count). The first-order chi connectivity index (χ1) is 9.18. The molecule has 0 saturated heterocycles. The van der Waals surface area contributed by atoms with Crippen molar-refractivity contribution >= 4 is 17.1 Å². The Bertz CT molecular complexity index is 538. The molecule has 0 aliphatic rings. The maximum absolute atomic E-state index is 12.3. The summed E-state index contributed by atoms with van der Waals surface area (Å²) in [6, 6.07) is 7.17. The van der Waals surface area contributed by atoms with Gasteiger partial charge in [0.05, 0.1) is 10.4 Å². The number of ether oxygens (including phenoxy) is 1. The molecule has 100 valence electrons. The van der Waals surface area contributed by atoms with E-state index in [1.54, 1.807) is 18.3 Å². The van der Waals surface area contributed by atoms with Gasteiger partial charge in [-0.25, -0.2) is 4.98 Å². The minimum atomic E-state index is -0.0389. The van der Waals surface area contributed by atoms with Crippen molar-refractivity contribution in [1.29, 1.82) is 0 Å². The van der Waals surface area contributed by atoms with E-state index in [0.717, 1.165) is 6.54 Å². The zero-order valence-corrected chi connectivity index (χ0v) is 11.8. The number of carbonyl (C=O) groups is 1. The lowest BCUT2D eigenvalue weighted by molar-refractivity contribution is 0.103. The van der Waals surface area contributed by atoms with Gasteiger partial charge in [0.25, 0.3) is 0 Å². The van der Waals surface area contributed by atoms with Gasteiger partial charge in [-0.2, -0.15) is 0 Å². The molecule has 0 atom stereocenters. The second-order valence-electron chi connectivity index (χ2n) is 4.31. The third-order valence-corrected chi connectivity index (χ3v) is 3.41. The lowest BCUT2D eigenvalue weighted by Gasteiger charge is -2.12. The minimum Gasteiger partial charge on any atom is -0.476 e. The Morgan fingerprint density at radius 3 is 2.89 bits per heavy atom. The van der Waals surface area contributed by atoms with Crippen LogP contribution in [0.4, 0.5) is 0 Å². The molecule has 0 unspecified atom stereocenters. The highest BCUT2D eigenvalue weighted by Gasteiger charge is 2.16. The van der Waals surface area contributed by atoms with Crippen LogP contribution in [0.3, 0.4) is 0 Å². The lowest BCUT2D eigenvalue weighted by atomic mass is 10.1. The molecule has 0 amide bonds. The summed E-state index contributed by atoms with van der Waals surface area (Å²) in [6.45, 7) is 1.29. The number of pyridine rings is 1. The molecular formula is C14H16N2O2S. The molecule has 0 radical (unpaired) electrons. The fraction of sp³-hybridized carbons (Fsp3) is 0.286. The molecule has 0 spiro atoms. The highest BCUT2D eigenvalue weighted by Crippen LogP contribution is 2.21. The number of thiophene rings is 1. The van der Waals surface area contributed by atoms with Crippen molar-refractivity contribution in [3.05, 3.63) is 46.3 Å². The summed E-state index contributed by atoms with van der Waals surface area (Å²) in [6.07, 6.45) is 1.64. The summed E-state index contributed by atoms with van der Waals surface area (Å²) in [5.74, 6) is 0.366. The van der Waals surface area contributed by atoms with Crippen molar-refractivity contribution in [2.24, 2.45) is 0 Å². The van der Waals surface area contributed by atoms with Crippen molar-refractivity contribution in [1.82, 2.24) is 9.88 Å². The van der Waals surface area contributed by atoms with E-state index in [9.17, 15) is 4.79 Å². The molecule has 5 heteroatoms. The zero-order valence-electron chi connectivity index (χ0n) is 11.0. The van der Waals surface area contributed by atoms with Gasteiger partial charge in [-0.15, -0.1) is 11.3 Å². The maximum atomic E-state index is 12.3. The third kappa shape index (κ3) is 3.62. The van der Waals surface area contributed by atoms with Crippen LogP contribution in [-0.4, -0.2) is 42.9 Å². The average Bonchev–Trinajstić information content (AvgIpc) is 2.92. The highest BCUT2D eigenvalue weighted by molar-refractivity contribution is 7.12. The Hall–Kier alpha value is -1.72. The molecule has 19 heavy (non-hydrogen) atoms. The molecule has 0 aliphatic heterocycles. The predicted molar refractivity (Wildman–Crippen MR) is 76.0 cm³/mol. The highest BCUT2D eigenvalue weighted by atomic mass is 32.1. The van der Waals surface area contributed by atoms with Crippen LogP contribution in [0, 0.1) is 0 Å². The number of rotatable bonds is 6. The largest absolute Gasteiger partial charge is 0.476 e. The standard InChI is InChI=1S/C14H16N2O2S/c1-16(2)8-9-18-14-11(5-3-7-15-14)13(17)12-6-4-10-19-12/h3-7,10H,8-9H2,1-2H3. The number of hydrogen-bond donors (Lipinski definition) is 0. The fourth-order valence-electron chi connectivity index (χ4n) is 1.54. The van der Waals surface area contributed by atoms with Gasteiger partial charge in [0, 0.05) is 12.7 Å². The third-order valence-electron chi connectivity index (χ3n) is 2.54. The molecule has 0 N–H and O–H groups in total. The van der Waals surface area contributed by atoms with Crippen LogP contribution in [0.15, 0.2) is 35.8 Å². The van der Waals surface area contributed by atoms with Crippen LogP contribution in [0.25, 0.3) is 0 Å². The summed E-state index contributed by atoms with van der Waals surface area (Å²) in [5.41, 5.74) is 0.517. The first kappa shape index (κ1) is 13.7. The molecule has 0 saturated carbocycles. The van der Waals surface area contributed by atoms with E-state index in [4.69, 9.17) is 4.74 Å². The summed E-state index contributed by atoms with van der Waals surface area (Å²) >= 11 is 1.42. The molecule has 0 aromatic carbocycles. The quantitative estimate of drug-likeness (QED) is 0.759. The molecule has 0 bridgehead atoms. The van der Waals surface area contributed by atoms with Crippen molar-refractivity contribution in [3.8, 4) is 5.88 Å². The van der Waals surface area contributed by atoms with Crippen LogP contribution in [-0.2, 0) is 0 Å². The predicted octanol–water partition coefficient (Wildman–Crippen LogP) is 2.31. The first-order valence-electron chi connectivity index (χ1n) is 5.99. The van der Waals surface area contributed by atoms with Gasteiger partial charge in [-0.05, 0) is 37.7 Å². The molecular weight excluding hydrogens is 260 g/mol. The van der Waals surface area contributed by atoms with Gasteiger partial charge in [-0.3, -0.25) is 4.79 Å². The zero-order chi connectivity index (χ0) is 13.7. The molecule has 0 aliphatic carbocycles. The summed E-state index contributed by atoms with van der Waals surface area (Å²) in [7, 11) is 3.94. The number of nitrogens with zero attached hydrogens (tertiary/aromatic N) is 2. The second kappa shape index (κ2) is 6.45. The molecule has 0 fully saturated rings. The molecule has 4 nitrogen and oxygen atoms in total. The van der Waals surface area contributed by atoms with Gasteiger partial charge < -0.3 is 9.64 Å². The Morgan fingerprint density at radius 2 is 2.21 bits per heavy atom. The lowest BCUT2D eigenvalue weighted by Crippen LogP contribution is -2.20. The van der Waals surface area contributed by atoms with Gasteiger partial charge in [-0.1, -0.05) is 6.07 Å². The van der Waals surface area contributed by atoms with E-state index >= 15 is 0 Å². The fourth-order valence-corrected chi connectivity index (χ4v) is 2.22. The number of aromatic nitrogens is 1. The van der Waals surface area contributed by atoms with E-state index in [1.807, 2.05) is 36.5 Å². The minimum absolute atomic E-state index is 0.0389. The van der Waals surface area contributed by atoms with Gasteiger partial charge in [0.2, 0.25) is 11.7 Å². The van der Waals surface area contributed by atoms with Crippen molar-refractivity contribution in [3.63, 3.8) is 0 Å². The summed E-state index contributed by atoms with van der Waals surface area (Å²) in [4.78, 5) is 19.2. The van der Waals surface area contributed by atoms with Crippen LogP contribution >= 0.6 is 11.3 Å². The Balaban J connectivity index is 2.14. The average molecular weight is 276 g/mol. The van der Waals surface area contributed by atoms with Gasteiger partial charge in [0.1, 0.15) is 6.61 Å². The Morgan fingerprint density at radius 1 is 1.37 bits per heavy atom. The summed E-state index contributed by atoms with van der Waals surface area (Å²) in [5, 5.41) is 1.89. The molecule has 2 aromatic rings. The number of hydrogen-bond acceptors (Lipinski definition) is 5. The van der Waals surface area contributed by atoms with E-state index in [2.05, 4.69) is 4.98 Å². The van der Waals surface area contributed by atoms with Crippen molar-refractivity contribution in [2.75, 3.05) is 27.2 Å². The monoisotopic (exact) mass is 276 g/mol. The Kier molecular flexibility index (Phi) is 4.65. The summed E-state index contributed by atoms with van der Waals surface area (Å²) < 4.78 is 5.60. The number of carbonyl (C=O) groups excluding carboxylic acids is 1. The number of ketones is 1. The van der Waals surface area contributed by atoms with Crippen LogP contribution in [0.2, 0.25) is 0 Å². The van der Waals surface area contributed by atoms with E-state index in [0.29, 0.717) is 22.9 Å². The topological polar surface area (TPSA) is 42.4 Å². The smallest absolute Gasteiger partial charge is 0.224 e. The number of likely N-dealkylation sites (N-methyl/N-ethyl adjacent to an activating group) is 1. The van der Waals surface area contributed by atoms with Gasteiger partial charge >= 0.3 is 0 Å². The first-order valence-corrected chi connectivity index (χ1v) is 6.87. The van der Waals surface area contributed by atoms with E-state index in [1.165, 1.54) is 11.3 Å². The second-order valence-corrected chi connectivity index (χ2v) is 5.26. The Labute approximate surface area is 116 Å². The van der Waals surface area contributed by atoms with Crippen molar-refractivity contribution in [2.45, 2.75) is 0 Å². The maximum Gasteiger partial charge on any atom is 0.224 e.